The third-order valence-corrected chi connectivity index (χ3v) is 11.7. The van der Waals surface area contributed by atoms with Crippen molar-refractivity contribution in [2.75, 3.05) is 25.1 Å². The highest BCUT2D eigenvalue weighted by Gasteiger charge is 2.77. The molecule has 37 heavy (non-hydrogen) atoms. The van der Waals surface area contributed by atoms with Gasteiger partial charge < -0.3 is 14.5 Å². The Morgan fingerprint density at radius 1 is 1.08 bits per heavy atom. The number of hydrogen-bond donors (Lipinski definition) is 0. The molecule has 4 bridgehead atoms. The van der Waals surface area contributed by atoms with Crippen LogP contribution in [0.15, 0.2) is 24.3 Å². The Balaban J connectivity index is 1.28. The molecular formula is C31H38N4O2. The van der Waals surface area contributed by atoms with Gasteiger partial charge in [-0.3, -0.25) is 4.79 Å². The number of aromatic nitrogens is 2. The predicted molar refractivity (Wildman–Crippen MR) is 142 cm³/mol. The molecule has 6 heteroatoms. The van der Waals surface area contributed by atoms with Crippen LogP contribution in [0.4, 0.5) is 5.95 Å². The Kier molecular flexibility index (Phi) is 4.27. The van der Waals surface area contributed by atoms with E-state index < -0.39 is 0 Å². The molecule has 1 aromatic carbocycles. The average Bonchev–Trinajstić information content (AvgIpc) is 3.45. The molecule has 194 valence electrons. The maximum absolute atomic E-state index is 13.9. The first kappa shape index (κ1) is 22.4. The highest BCUT2D eigenvalue weighted by atomic mass is 16.5. The summed E-state index contributed by atoms with van der Waals surface area (Å²) in [4.78, 5) is 28.7. The van der Waals surface area contributed by atoms with E-state index in [4.69, 9.17) is 14.7 Å². The molecule has 1 aromatic heterocycles. The number of carbonyl (C=O) groups excluding carboxylic acids is 1. The van der Waals surface area contributed by atoms with Crippen molar-refractivity contribution in [3.8, 4) is 5.75 Å². The summed E-state index contributed by atoms with van der Waals surface area (Å²) in [5, 5.41) is 0. The number of ether oxygens (including phenoxy) is 1. The Labute approximate surface area is 219 Å². The van der Waals surface area contributed by atoms with Crippen molar-refractivity contribution in [3.63, 3.8) is 0 Å². The third kappa shape index (κ3) is 2.65. The second-order valence-corrected chi connectivity index (χ2v) is 13.4. The molecular weight excluding hydrogens is 460 g/mol. The van der Waals surface area contributed by atoms with E-state index in [1.54, 1.807) is 7.11 Å². The van der Waals surface area contributed by atoms with Crippen LogP contribution in [0.2, 0.25) is 0 Å². The van der Waals surface area contributed by atoms with E-state index in [0.29, 0.717) is 29.8 Å². The van der Waals surface area contributed by atoms with Crippen LogP contribution in [0, 0.1) is 36.5 Å². The normalized spacial score (nSPS) is 37.7. The molecule has 0 N–H and O–H groups in total. The second kappa shape index (κ2) is 7.06. The number of aryl methyl sites for hydroxylation is 2. The number of amides is 1. The fourth-order valence-corrected chi connectivity index (χ4v) is 10.2. The van der Waals surface area contributed by atoms with Crippen LogP contribution in [0.25, 0.3) is 0 Å². The minimum absolute atomic E-state index is 0.0994. The largest absolute Gasteiger partial charge is 0.497 e. The molecule has 2 saturated heterocycles. The van der Waals surface area contributed by atoms with E-state index in [0.717, 1.165) is 61.9 Å². The van der Waals surface area contributed by atoms with E-state index in [1.165, 1.54) is 30.4 Å². The Morgan fingerprint density at radius 2 is 1.86 bits per heavy atom. The van der Waals surface area contributed by atoms with Crippen LogP contribution in [-0.4, -0.2) is 53.1 Å². The first-order chi connectivity index (χ1) is 17.8. The van der Waals surface area contributed by atoms with Gasteiger partial charge in [-0.05, 0) is 100.0 Å². The molecule has 5 unspecified atom stereocenters. The van der Waals surface area contributed by atoms with Crippen molar-refractivity contribution in [1.29, 1.82) is 0 Å². The number of anilines is 1. The first-order valence-corrected chi connectivity index (χ1v) is 14.4. The van der Waals surface area contributed by atoms with Crippen LogP contribution in [-0.2, 0) is 16.6 Å². The summed E-state index contributed by atoms with van der Waals surface area (Å²) in [6.07, 6.45) is 7.76. The molecule has 0 radical (unpaired) electrons. The van der Waals surface area contributed by atoms with Crippen LogP contribution >= 0.6 is 0 Å². The molecule has 4 aliphatic carbocycles. The van der Waals surface area contributed by atoms with E-state index in [1.807, 2.05) is 0 Å². The Morgan fingerprint density at radius 3 is 2.59 bits per heavy atom. The van der Waals surface area contributed by atoms with Crippen molar-refractivity contribution in [3.05, 3.63) is 46.8 Å². The lowest BCUT2D eigenvalue weighted by atomic mass is 9.43. The number of benzene rings is 1. The number of methoxy groups -OCH3 is 1. The fraction of sp³-hybridized carbons (Fsp3) is 0.645. The van der Waals surface area contributed by atoms with E-state index in [2.05, 4.69) is 54.8 Å². The van der Waals surface area contributed by atoms with Gasteiger partial charge in [0.15, 0.2) is 0 Å². The minimum Gasteiger partial charge on any atom is -0.497 e. The molecule has 5 fully saturated rings. The van der Waals surface area contributed by atoms with E-state index in [-0.39, 0.29) is 16.2 Å². The number of likely N-dealkylation sites (tertiary alicyclic amines) is 1. The van der Waals surface area contributed by atoms with E-state index in [9.17, 15) is 4.79 Å². The highest BCUT2D eigenvalue weighted by Crippen LogP contribution is 2.76. The molecule has 2 aliphatic heterocycles. The maximum atomic E-state index is 13.9. The molecule has 6 nitrogen and oxygen atoms in total. The lowest BCUT2D eigenvalue weighted by molar-refractivity contribution is -0.155. The number of fused-ring (bicyclic) bond motifs is 1. The summed E-state index contributed by atoms with van der Waals surface area (Å²) in [6.45, 7) is 8.30. The zero-order valence-electron chi connectivity index (χ0n) is 22.6. The summed E-state index contributed by atoms with van der Waals surface area (Å²) in [5.41, 5.74) is 5.25. The van der Waals surface area contributed by atoms with Gasteiger partial charge in [-0.15, -0.1) is 0 Å². The van der Waals surface area contributed by atoms with Gasteiger partial charge in [0.2, 0.25) is 11.9 Å². The quantitative estimate of drug-likeness (QED) is 0.619. The summed E-state index contributed by atoms with van der Waals surface area (Å²) in [5.74, 6) is 3.52. The molecule has 1 amide bonds. The molecule has 2 aromatic rings. The van der Waals surface area contributed by atoms with Gasteiger partial charge in [-0.2, -0.15) is 0 Å². The molecule has 0 spiro atoms. The summed E-state index contributed by atoms with van der Waals surface area (Å²) < 4.78 is 5.79. The predicted octanol–water partition coefficient (Wildman–Crippen LogP) is 4.60. The van der Waals surface area contributed by atoms with Crippen molar-refractivity contribution in [2.45, 2.75) is 83.2 Å². The second-order valence-electron chi connectivity index (χ2n) is 13.4. The third-order valence-electron chi connectivity index (χ3n) is 11.7. The van der Waals surface area contributed by atoms with Gasteiger partial charge in [0, 0.05) is 52.8 Å². The Hall–Kier alpha value is -2.63. The maximum Gasteiger partial charge on any atom is 0.228 e. The number of nitrogens with zero attached hydrogens (tertiary/aromatic N) is 4. The molecule has 6 atom stereocenters. The lowest BCUT2D eigenvalue weighted by Crippen LogP contribution is -2.70. The lowest BCUT2D eigenvalue weighted by Gasteiger charge is -2.66. The zero-order valence-corrected chi connectivity index (χ0v) is 22.6. The van der Waals surface area contributed by atoms with Gasteiger partial charge in [-0.1, -0.05) is 13.0 Å². The topological polar surface area (TPSA) is 58.6 Å². The average molecular weight is 499 g/mol. The van der Waals surface area contributed by atoms with Gasteiger partial charge in [0.1, 0.15) is 5.75 Å². The number of carbonyl (C=O) groups is 1. The molecule has 8 rings (SSSR count). The molecule has 6 aliphatic rings. The van der Waals surface area contributed by atoms with Crippen LogP contribution < -0.4 is 9.64 Å². The minimum atomic E-state index is -0.111. The number of rotatable bonds is 3. The van der Waals surface area contributed by atoms with Crippen molar-refractivity contribution < 1.29 is 9.53 Å². The standard InChI is InChI=1S/C31H38N4O2/c1-18-13-19(2)33-28(32-18)35-17-21-16-30-8-7-24(35)26(21)31(30)11-12-34(27(36)29(3)9-10-29)25(30)14-20-5-6-22(37-4)15-23(20)31/h5-6,13,15,21,24-26H,7-12,14,16-17H2,1-4H3/t21-,24?,25?,26?,30?,31?/m1/s1. The zero-order chi connectivity index (χ0) is 25.3. The SMILES string of the molecule is COc1ccc2c(c1)C13CCN(C(=O)C4(C)CC4)C(C2)C12CCC1C3[C@@H](CN1c1nc(C)cc(C)n1)C2. The number of piperidine rings is 1. The van der Waals surface area contributed by atoms with Crippen LogP contribution in [0.3, 0.4) is 0 Å². The van der Waals surface area contributed by atoms with Crippen LogP contribution in [0.1, 0.15) is 68.0 Å². The van der Waals surface area contributed by atoms with Gasteiger partial charge in [-0.25, -0.2) is 9.97 Å². The van der Waals surface area contributed by atoms with Gasteiger partial charge >= 0.3 is 0 Å². The van der Waals surface area contributed by atoms with Gasteiger partial charge in [0.25, 0.3) is 0 Å². The Bertz CT molecular complexity index is 1320. The smallest absolute Gasteiger partial charge is 0.228 e. The van der Waals surface area contributed by atoms with Gasteiger partial charge in [0.05, 0.1) is 7.11 Å². The molecule has 3 heterocycles. The number of hydrogen-bond acceptors (Lipinski definition) is 5. The highest BCUT2D eigenvalue weighted by molar-refractivity contribution is 5.85. The monoisotopic (exact) mass is 498 g/mol. The molecule has 3 saturated carbocycles. The van der Waals surface area contributed by atoms with Crippen LogP contribution in [0.5, 0.6) is 5.75 Å². The first-order valence-electron chi connectivity index (χ1n) is 14.4. The van der Waals surface area contributed by atoms with Crippen molar-refractivity contribution in [1.82, 2.24) is 14.9 Å². The fourth-order valence-electron chi connectivity index (χ4n) is 10.2. The van der Waals surface area contributed by atoms with E-state index >= 15 is 0 Å². The van der Waals surface area contributed by atoms with Crippen molar-refractivity contribution in [2.24, 2.45) is 22.7 Å². The van der Waals surface area contributed by atoms with Crippen molar-refractivity contribution >= 4 is 11.9 Å². The summed E-state index contributed by atoms with van der Waals surface area (Å²) in [7, 11) is 1.79. The summed E-state index contributed by atoms with van der Waals surface area (Å²) >= 11 is 0. The summed E-state index contributed by atoms with van der Waals surface area (Å²) in [6, 6.07) is 9.68.